The molecule has 0 saturated carbocycles. The van der Waals surface area contributed by atoms with E-state index in [-0.39, 0.29) is 5.75 Å². The Labute approximate surface area is 141 Å². The molecule has 0 aliphatic carbocycles. The maximum Gasteiger partial charge on any atom is 0.235 e. The van der Waals surface area contributed by atoms with Crippen molar-refractivity contribution in [3.63, 3.8) is 0 Å². The van der Waals surface area contributed by atoms with Gasteiger partial charge >= 0.3 is 0 Å². The number of nitrogens with one attached hydrogen (secondary N) is 1. The number of rotatable bonds is 4. The number of aromatic nitrogens is 2. The van der Waals surface area contributed by atoms with Crippen LogP contribution in [0.25, 0.3) is 0 Å². The van der Waals surface area contributed by atoms with Crippen molar-refractivity contribution in [3.05, 3.63) is 40.7 Å². The van der Waals surface area contributed by atoms with Gasteiger partial charge in [0.25, 0.3) is 0 Å². The number of halogens is 1. The molecule has 2 heterocycles. The lowest BCUT2D eigenvalue weighted by Gasteiger charge is -2.20. The zero-order valence-corrected chi connectivity index (χ0v) is 14.7. The average molecular weight is 355 g/mol. The number of hydrogen-bond donors (Lipinski definition) is 1. The molecular formula is C15H19ClN4O2S. The van der Waals surface area contributed by atoms with Gasteiger partial charge < -0.3 is 5.32 Å². The summed E-state index contributed by atoms with van der Waals surface area (Å²) in [6, 6.07) is 5.74. The Kier molecular flexibility index (Phi) is 4.25. The van der Waals surface area contributed by atoms with Gasteiger partial charge in [0.1, 0.15) is 0 Å². The molecule has 0 spiro atoms. The molecule has 1 aliphatic heterocycles. The molecule has 1 fully saturated rings. The van der Waals surface area contributed by atoms with Crippen LogP contribution >= 0.6 is 11.6 Å². The van der Waals surface area contributed by atoms with Gasteiger partial charge in [0.15, 0.2) is 0 Å². The summed E-state index contributed by atoms with van der Waals surface area (Å²) >= 11 is 6.10. The molecule has 6 nitrogen and oxygen atoms in total. The van der Waals surface area contributed by atoms with Gasteiger partial charge in [-0.1, -0.05) is 17.7 Å². The Morgan fingerprint density at radius 1 is 1.39 bits per heavy atom. The summed E-state index contributed by atoms with van der Waals surface area (Å²) in [4.78, 5) is 0. The van der Waals surface area contributed by atoms with Crippen molar-refractivity contribution >= 4 is 33.0 Å². The number of aryl methyl sites for hydroxylation is 2. The Hall–Kier alpha value is -1.73. The van der Waals surface area contributed by atoms with E-state index < -0.39 is 10.0 Å². The molecule has 0 radical (unpaired) electrons. The summed E-state index contributed by atoms with van der Waals surface area (Å²) in [5, 5.41) is 7.99. The van der Waals surface area contributed by atoms with E-state index in [1.807, 2.05) is 32.2 Å². The smallest absolute Gasteiger partial charge is 0.235 e. The third-order valence-corrected chi connectivity index (χ3v) is 6.22. The van der Waals surface area contributed by atoms with Crippen LogP contribution in [0.1, 0.15) is 17.7 Å². The van der Waals surface area contributed by atoms with Crippen molar-refractivity contribution in [3.8, 4) is 0 Å². The van der Waals surface area contributed by atoms with E-state index in [1.54, 1.807) is 10.9 Å². The van der Waals surface area contributed by atoms with Crippen LogP contribution in [0, 0.1) is 6.92 Å². The standard InChI is InChI=1S/C15H19ClN4O2S/c1-11-4-5-12(17-10-15-13(16)9-18-19(15)2)8-14(11)20-6-3-7-23(20,21)22/h4-5,8-9,17H,3,6-7,10H2,1-2H3. The normalized spacial score (nSPS) is 16.7. The Balaban J connectivity index is 1.83. The van der Waals surface area contributed by atoms with Crippen LogP contribution in [0.3, 0.4) is 0 Å². The highest BCUT2D eigenvalue weighted by atomic mass is 35.5. The second kappa shape index (κ2) is 6.05. The summed E-state index contributed by atoms with van der Waals surface area (Å²) in [6.45, 7) is 2.98. The molecule has 1 aliphatic rings. The third-order valence-electron chi connectivity index (χ3n) is 4.05. The number of hydrogen-bond acceptors (Lipinski definition) is 4. The van der Waals surface area contributed by atoms with Crippen LogP contribution in [0.15, 0.2) is 24.4 Å². The lowest BCUT2D eigenvalue weighted by Crippen LogP contribution is -2.25. The molecule has 1 N–H and O–H groups in total. The maximum atomic E-state index is 12.1. The van der Waals surface area contributed by atoms with Gasteiger partial charge in [-0.15, -0.1) is 0 Å². The number of anilines is 2. The molecule has 1 aromatic carbocycles. The van der Waals surface area contributed by atoms with Crippen molar-refractivity contribution < 1.29 is 8.42 Å². The zero-order chi connectivity index (χ0) is 16.6. The first-order valence-corrected chi connectivity index (χ1v) is 9.38. The molecule has 0 bridgehead atoms. The molecule has 0 unspecified atom stereocenters. The maximum absolute atomic E-state index is 12.1. The lowest BCUT2D eigenvalue weighted by molar-refractivity contribution is 0.599. The van der Waals surface area contributed by atoms with E-state index in [4.69, 9.17) is 11.6 Å². The Bertz CT molecular complexity index is 812. The lowest BCUT2D eigenvalue weighted by atomic mass is 10.1. The summed E-state index contributed by atoms with van der Waals surface area (Å²) in [5.41, 5.74) is 3.41. The van der Waals surface area contributed by atoms with E-state index in [9.17, 15) is 8.42 Å². The van der Waals surface area contributed by atoms with E-state index in [1.165, 1.54) is 4.31 Å². The molecule has 1 saturated heterocycles. The molecule has 8 heteroatoms. The summed E-state index contributed by atoms with van der Waals surface area (Å²) in [6.07, 6.45) is 2.28. The van der Waals surface area contributed by atoms with Gasteiger partial charge in [-0.25, -0.2) is 8.42 Å². The second-order valence-corrected chi connectivity index (χ2v) is 8.08. The van der Waals surface area contributed by atoms with Gasteiger partial charge in [0.2, 0.25) is 10.0 Å². The number of benzene rings is 1. The predicted molar refractivity (Wildman–Crippen MR) is 92.5 cm³/mol. The van der Waals surface area contributed by atoms with Crippen LogP contribution in [-0.4, -0.2) is 30.5 Å². The highest BCUT2D eigenvalue weighted by molar-refractivity contribution is 7.93. The van der Waals surface area contributed by atoms with Crippen LogP contribution in [0.2, 0.25) is 5.02 Å². The fourth-order valence-electron chi connectivity index (χ4n) is 2.72. The molecule has 0 atom stereocenters. The number of sulfonamides is 1. The van der Waals surface area contributed by atoms with E-state index in [0.29, 0.717) is 24.5 Å². The van der Waals surface area contributed by atoms with E-state index >= 15 is 0 Å². The van der Waals surface area contributed by atoms with Crippen molar-refractivity contribution in [1.29, 1.82) is 0 Å². The molecule has 1 aromatic heterocycles. The van der Waals surface area contributed by atoms with Gasteiger partial charge in [-0.2, -0.15) is 5.10 Å². The minimum atomic E-state index is -3.18. The van der Waals surface area contributed by atoms with Crippen molar-refractivity contribution in [2.24, 2.45) is 7.05 Å². The highest BCUT2D eigenvalue weighted by Gasteiger charge is 2.29. The highest BCUT2D eigenvalue weighted by Crippen LogP contribution is 2.30. The third kappa shape index (κ3) is 3.16. The largest absolute Gasteiger partial charge is 0.379 e. The van der Waals surface area contributed by atoms with E-state index in [2.05, 4.69) is 10.4 Å². The molecule has 3 rings (SSSR count). The summed E-state index contributed by atoms with van der Waals surface area (Å²) < 4.78 is 27.5. The molecule has 2 aromatic rings. The first-order valence-electron chi connectivity index (χ1n) is 7.40. The Morgan fingerprint density at radius 2 is 2.17 bits per heavy atom. The molecular weight excluding hydrogens is 336 g/mol. The SMILES string of the molecule is Cc1ccc(NCc2c(Cl)cnn2C)cc1N1CCCS1(=O)=O. The van der Waals surface area contributed by atoms with Gasteiger partial charge in [0.05, 0.1) is 34.9 Å². The molecule has 0 amide bonds. The second-order valence-electron chi connectivity index (χ2n) is 5.66. The topological polar surface area (TPSA) is 67.2 Å². The Morgan fingerprint density at radius 3 is 2.78 bits per heavy atom. The van der Waals surface area contributed by atoms with Crippen molar-refractivity contribution in [2.75, 3.05) is 21.9 Å². The average Bonchev–Trinajstić information content (AvgIpc) is 3.01. The minimum Gasteiger partial charge on any atom is -0.379 e. The van der Waals surface area contributed by atoms with Crippen molar-refractivity contribution in [1.82, 2.24) is 9.78 Å². The first-order chi connectivity index (χ1) is 10.9. The van der Waals surface area contributed by atoms with Gasteiger partial charge in [-0.05, 0) is 31.0 Å². The monoisotopic (exact) mass is 354 g/mol. The van der Waals surface area contributed by atoms with Gasteiger partial charge in [-0.3, -0.25) is 8.99 Å². The summed E-state index contributed by atoms with van der Waals surface area (Å²) in [7, 11) is -1.35. The van der Waals surface area contributed by atoms with E-state index in [0.717, 1.165) is 22.6 Å². The quantitative estimate of drug-likeness (QED) is 0.916. The van der Waals surface area contributed by atoms with Crippen LogP contribution in [0.4, 0.5) is 11.4 Å². The first kappa shape index (κ1) is 16.1. The molecule has 124 valence electrons. The fraction of sp³-hybridized carbons (Fsp3) is 0.400. The van der Waals surface area contributed by atoms with Crippen molar-refractivity contribution in [2.45, 2.75) is 19.9 Å². The molecule has 23 heavy (non-hydrogen) atoms. The summed E-state index contributed by atoms with van der Waals surface area (Å²) in [5.74, 6) is 0.217. The van der Waals surface area contributed by atoms with Crippen LogP contribution < -0.4 is 9.62 Å². The van der Waals surface area contributed by atoms with Crippen LogP contribution in [-0.2, 0) is 23.6 Å². The van der Waals surface area contributed by atoms with Gasteiger partial charge in [0, 0.05) is 19.3 Å². The minimum absolute atomic E-state index is 0.217. The predicted octanol–water partition coefficient (Wildman–Crippen LogP) is 2.53. The number of nitrogens with zero attached hydrogens (tertiary/aromatic N) is 3. The van der Waals surface area contributed by atoms with Crippen LogP contribution in [0.5, 0.6) is 0 Å². The fourth-order valence-corrected chi connectivity index (χ4v) is 4.57. The zero-order valence-electron chi connectivity index (χ0n) is 13.1.